The molecule has 7 heteroatoms. The van der Waals surface area contributed by atoms with Crippen LogP contribution in [0.3, 0.4) is 0 Å². The number of nitrogens with one attached hydrogen (secondary N) is 1. The predicted molar refractivity (Wildman–Crippen MR) is 94.2 cm³/mol. The molecule has 0 fully saturated rings. The van der Waals surface area contributed by atoms with Crippen molar-refractivity contribution in [3.8, 4) is 5.75 Å². The number of fused-ring (bicyclic) bond motifs is 1. The van der Waals surface area contributed by atoms with Gasteiger partial charge in [0.2, 0.25) is 0 Å². The number of aromatic nitrogens is 2. The van der Waals surface area contributed by atoms with Crippen molar-refractivity contribution >= 4 is 5.91 Å². The summed E-state index contributed by atoms with van der Waals surface area (Å²) < 4.78 is 33.2. The Balaban J connectivity index is 1.51. The Bertz CT molecular complexity index is 973. The van der Waals surface area contributed by atoms with Crippen molar-refractivity contribution < 1.29 is 18.3 Å². The molecule has 4 rings (SSSR count). The van der Waals surface area contributed by atoms with E-state index < -0.39 is 17.5 Å². The van der Waals surface area contributed by atoms with Gasteiger partial charge in [-0.15, -0.1) is 0 Å². The second kappa shape index (κ2) is 7.19. The fourth-order valence-corrected chi connectivity index (χ4v) is 3.15. The molecule has 0 aliphatic carbocycles. The van der Waals surface area contributed by atoms with Crippen LogP contribution in [0.4, 0.5) is 8.78 Å². The highest BCUT2D eigenvalue weighted by Gasteiger charge is 2.28. The number of aromatic amines is 1. The van der Waals surface area contributed by atoms with Crippen LogP contribution < -0.4 is 4.74 Å². The lowest BCUT2D eigenvalue weighted by Crippen LogP contribution is -2.36. The molecule has 27 heavy (non-hydrogen) atoms. The third kappa shape index (κ3) is 3.40. The molecule has 1 N–H and O–H groups in total. The molecule has 0 bridgehead atoms. The first-order valence-corrected chi connectivity index (χ1v) is 8.59. The largest absolute Gasteiger partial charge is 0.487 e. The average molecular weight is 369 g/mol. The van der Waals surface area contributed by atoms with Gasteiger partial charge in [-0.25, -0.2) is 8.78 Å². The number of hydrogen-bond acceptors (Lipinski definition) is 3. The second-order valence-corrected chi connectivity index (χ2v) is 6.31. The van der Waals surface area contributed by atoms with Crippen LogP contribution in [0, 0.1) is 11.6 Å². The van der Waals surface area contributed by atoms with Crippen molar-refractivity contribution in [1.29, 1.82) is 0 Å². The first-order valence-electron chi connectivity index (χ1n) is 8.59. The van der Waals surface area contributed by atoms with E-state index in [9.17, 15) is 13.6 Å². The van der Waals surface area contributed by atoms with Crippen molar-refractivity contribution in [3.63, 3.8) is 0 Å². The molecule has 0 radical (unpaired) electrons. The van der Waals surface area contributed by atoms with Crippen molar-refractivity contribution in [3.05, 3.63) is 82.7 Å². The number of halogens is 2. The lowest BCUT2D eigenvalue weighted by molar-refractivity contribution is 0.0727. The minimum absolute atomic E-state index is 0.256. The van der Waals surface area contributed by atoms with Gasteiger partial charge >= 0.3 is 0 Å². The number of ether oxygens (including phenoxy) is 1. The number of para-hydroxylation sites is 1. The first-order chi connectivity index (χ1) is 13.1. The van der Waals surface area contributed by atoms with Crippen LogP contribution in [0.1, 0.15) is 27.3 Å². The predicted octanol–water partition coefficient (Wildman–Crippen LogP) is 3.47. The van der Waals surface area contributed by atoms with E-state index in [0.29, 0.717) is 18.7 Å². The fraction of sp³-hybridized carbons (Fsp3) is 0.200. The molecule has 1 amide bonds. The molecular weight excluding hydrogens is 352 g/mol. The Morgan fingerprint density at radius 2 is 1.96 bits per heavy atom. The number of rotatable bonds is 4. The monoisotopic (exact) mass is 369 g/mol. The van der Waals surface area contributed by atoms with E-state index in [2.05, 4.69) is 10.2 Å². The maximum Gasteiger partial charge on any atom is 0.257 e. The van der Waals surface area contributed by atoms with E-state index in [1.54, 1.807) is 0 Å². The van der Waals surface area contributed by atoms with Gasteiger partial charge in [-0.3, -0.25) is 9.89 Å². The summed E-state index contributed by atoms with van der Waals surface area (Å²) in [5, 5.41) is 7.27. The number of amides is 1. The van der Waals surface area contributed by atoms with Crippen LogP contribution in [-0.2, 0) is 19.6 Å². The Morgan fingerprint density at radius 1 is 1.15 bits per heavy atom. The summed E-state index contributed by atoms with van der Waals surface area (Å²) in [6, 6.07) is 13.0. The highest BCUT2D eigenvalue weighted by atomic mass is 19.2. The summed E-state index contributed by atoms with van der Waals surface area (Å²) in [7, 11) is 0. The Kier molecular flexibility index (Phi) is 4.58. The lowest BCUT2D eigenvalue weighted by atomic mass is 10.0. The van der Waals surface area contributed by atoms with Gasteiger partial charge < -0.3 is 9.64 Å². The minimum Gasteiger partial charge on any atom is -0.487 e. The van der Waals surface area contributed by atoms with Gasteiger partial charge in [0, 0.05) is 30.8 Å². The SMILES string of the molecule is O=C(c1cccc(F)c1F)N1CCc2[nH]nc(COc3ccccc3)c2C1. The van der Waals surface area contributed by atoms with Gasteiger partial charge in [0.05, 0.1) is 5.56 Å². The molecule has 138 valence electrons. The highest BCUT2D eigenvalue weighted by Crippen LogP contribution is 2.24. The second-order valence-electron chi connectivity index (χ2n) is 6.31. The van der Waals surface area contributed by atoms with Crippen molar-refractivity contribution in [1.82, 2.24) is 15.1 Å². The van der Waals surface area contributed by atoms with E-state index >= 15 is 0 Å². The number of carbonyl (C=O) groups excluding carboxylic acids is 1. The van der Waals surface area contributed by atoms with E-state index in [1.807, 2.05) is 30.3 Å². The van der Waals surface area contributed by atoms with Crippen LogP contribution in [0.15, 0.2) is 48.5 Å². The zero-order chi connectivity index (χ0) is 18.8. The van der Waals surface area contributed by atoms with Gasteiger partial charge in [-0.1, -0.05) is 24.3 Å². The van der Waals surface area contributed by atoms with Crippen LogP contribution in [0.5, 0.6) is 5.75 Å². The number of carbonyl (C=O) groups is 1. The number of H-pyrrole nitrogens is 1. The third-order valence-corrected chi connectivity index (χ3v) is 4.61. The first kappa shape index (κ1) is 17.2. The van der Waals surface area contributed by atoms with Crippen LogP contribution >= 0.6 is 0 Å². The number of nitrogens with zero attached hydrogens (tertiary/aromatic N) is 2. The molecule has 1 aromatic heterocycles. The molecule has 0 saturated carbocycles. The molecule has 0 saturated heterocycles. The van der Waals surface area contributed by atoms with Gasteiger partial charge in [-0.05, 0) is 24.3 Å². The smallest absolute Gasteiger partial charge is 0.257 e. The van der Waals surface area contributed by atoms with Crippen LogP contribution in [0.2, 0.25) is 0 Å². The number of benzene rings is 2. The number of hydrogen-bond donors (Lipinski definition) is 1. The molecule has 0 unspecified atom stereocenters. The Morgan fingerprint density at radius 3 is 2.78 bits per heavy atom. The van der Waals surface area contributed by atoms with Crippen molar-refractivity contribution in [2.24, 2.45) is 0 Å². The van der Waals surface area contributed by atoms with Gasteiger partial charge in [0.15, 0.2) is 11.6 Å². The third-order valence-electron chi connectivity index (χ3n) is 4.61. The van der Waals surface area contributed by atoms with Crippen LogP contribution in [-0.4, -0.2) is 27.5 Å². The Labute approximate surface area is 154 Å². The maximum atomic E-state index is 14.0. The minimum atomic E-state index is -1.12. The molecular formula is C20H17F2N3O2. The quantitative estimate of drug-likeness (QED) is 0.766. The zero-order valence-electron chi connectivity index (χ0n) is 14.4. The van der Waals surface area contributed by atoms with Crippen molar-refractivity contribution in [2.45, 2.75) is 19.6 Å². The molecule has 1 aliphatic rings. The molecule has 1 aliphatic heterocycles. The van der Waals surface area contributed by atoms with Crippen LogP contribution in [0.25, 0.3) is 0 Å². The van der Waals surface area contributed by atoms with Gasteiger partial charge in [0.25, 0.3) is 5.91 Å². The topological polar surface area (TPSA) is 58.2 Å². The summed E-state index contributed by atoms with van der Waals surface area (Å²) >= 11 is 0. The molecule has 5 nitrogen and oxygen atoms in total. The van der Waals surface area contributed by atoms with Gasteiger partial charge in [-0.2, -0.15) is 5.10 Å². The average Bonchev–Trinajstić information content (AvgIpc) is 3.11. The molecule has 0 atom stereocenters. The highest BCUT2D eigenvalue weighted by molar-refractivity contribution is 5.94. The fourth-order valence-electron chi connectivity index (χ4n) is 3.15. The molecule has 3 aromatic rings. The molecule has 0 spiro atoms. The zero-order valence-corrected chi connectivity index (χ0v) is 14.4. The van der Waals surface area contributed by atoms with Crippen molar-refractivity contribution in [2.75, 3.05) is 6.54 Å². The van der Waals surface area contributed by atoms with E-state index in [-0.39, 0.29) is 18.7 Å². The lowest BCUT2D eigenvalue weighted by Gasteiger charge is -2.27. The van der Waals surface area contributed by atoms with E-state index in [0.717, 1.165) is 23.1 Å². The Hall–Kier alpha value is -3.22. The standard InChI is InChI=1S/C20H17F2N3O2/c21-16-8-4-7-14(19(16)22)20(26)25-10-9-17-15(11-25)18(24-23-17)12-27-13-5-2-1-3-6-13/h1-8H,9-12H2,(H,23,24). The van der Waals surface area contributed by atoms with E-state index in [4.69, 9.17) is 4.74 Å². The normalized spacial score (nSPS) is 13.3. The van der Waals surface area contributed by atoms with E-state index in [1.165, 1.54) is 17.0 Å². The van der Waals surface area contributed by atoms with Gasteiger partial charge in [0.1, 0.15) is 18.1 Å². The maximum absolute atomic E-state index is 14.0. The summed E-state index contributed by atoms with van der Waals surface area (Å²) in [4.78, 5) is 14.2. The summed E-state index contributed by atoms with van der Waals surface area (Å²) in [5.74, 6) is -1.96. The summed E-state index contributed by atoms with van der Waals surface area (Å²) in [6.45, 7) is 0.934. The summed E-state index contributed by atoms with van der Waals surface area (Å²) in [6.07, 6.45) is 0.566. The summed E-state index contributed by atoms with van der Waals surface area (Å²) in [5.41, 5.74) is 2.24. The molecule has 2 heterocycles. The molecule has 2 aromatic carbocycles.